The van der Waals surface area contributed by atoms with Crippen molar-refractivity contribution in [3.05, 3.63) is 29.3 Å². The summed E-state index contributed by atoms with van der Waals surface area (Å²) in [5.74, 6) is 0.397. The Labute approximate surface area is 122 Å². The third-order valence-electron chi connectivity index (χ3n) is 4.02. The number of hydrogen-bond donors (Lipinski definition) is 1. The molecule has 5 heteroatoms. The van der Waals surface area contributed by atoms with E-state index in [9.17, 15) is 8.42 Å². The molecule has 1 saturated heterocycles. The van der Waals surface area contributed by atoms with Crippen LogP contribution in [0.3, 0.4) is 0 Å². The second-order valence-corrected chi connectivity index (χ2v) is 7.62. The first-order valence-corrected chi connectivity index (χ1v) is 8.66. The molecule has 0 radical (unpaired) electrons. The first-order valence-electron chi connectivity index (χ1n) is 7.22. The van der Waals surface area contributed by atoms with Crippen molar-refractivity contribution in [3.8, 4) is 0 Å². The third kappa shape index (κ3) is 3.22. The van der Waals surface area contributed by atoms with E-state index in [4.69, 9.17) is 5.73 Å². The molecule has 0 spiro atoms. The second kappa shape index (κ2) is 6.24. The van der Waals surface area contributed by atoms with E-state index in [2.05, 4.69) is 0 Å². The molecule has 2 rings (SSSR count). The number of nitrogens with two attached hydrogens (primary N) is 1. The molecule has 1 unspecified atom stereocenters. The molecule has 1 atom stereocenters. The van der Waals surface area contributed by atoms with Gasteiger partial charge in [-0.1, -0.05) is 12.1 Å². The Bertz CT molecular complexity index is 567. The highest BCUT2D eigenvalue weighted by atomic mass is 32.2. The van der Waals surface area contributed by atoms with Gasteiger partial charge in [0.15, 0.2) is 0 Å². The highest BCUT2D eigenvalue weighted by Gasteiger charge is 2.30. The van der Waals surface area contributed by atoms with E-state index in [1.807, 2.05) is 26.0 Å². The maximum Gasteiger partial charge on any atom is 0.243 e. The van der Waals surface area contributed by atoms with Crippen LogP contribution in [-0.2, 0) is 10.0 Å². The lowest BCUT2D eigenvalue weighted by Crippen LogP contribution is -2.40. The van der Waals surface area contributed by atoms with Gasteiger partial charge < -0.3 is 5.73 Å². The number of rotatable bonds is 4. The van der Waals surface area contributed by atoms with Crippen LogP contribution in [0.2, 0.25) is 0 Å². The molecule has 1 heterocycles. The molecular formula is C15H24N2O2S. The smallest absolute Gasteiger partial charge is 0.243 e. The van der Waals surface area contributed by atoms with Gasteiger partial charge in [0.25, 0.3) is 0 Å². The van der Waals surface area contributed by atoms with Gasteiger partial charge in [-0.15, -0.1) is 0 Å². The minimum atomic E-state index is -3.37. The van der Waals surface area contributed by atoms with Gasteiger partial charge in [-0.2, -0.15) is 4.31 Å². The van der Waals surface area contributed by atoms with Gasteiger partial charge in [0.1, 0.15) is 0 Å². The average Bonchev–Trinajstić information content (AvgIpc) is 2.42. The number of benzene rings is 1. The van der Waals surface area contributed by atoms with Gasteiger partial charge >= 0.3 is 0 Å². The number of nitrogens with zero attached hydrogens (tertiary/aromatic N) is 1. The van der Waals surface area contributed by atoms with Gasteiger partial charge in [0.2, 0.25) is 10.0 Å². The number of hydrogen-bond acceptors (Lipinski definition) is 3. The molecule has 0 aliphatic carbocycles. The van der Waals surface area contributed by atoms with Crippen LogP contribution in [0.25, 0.3) is 0 Å². The zero-order valence-electron chi connectivity index (χ0n) is 12.3. The van der Waals surface area contributed by atoms with Crippen molar-refractivity contribution in [3.63, 3.8) is 0 Å². The van der Waals surface area contributed by atoms with Gasteiger partial charge in [-0.3, -0.25) is 0 Å². The molecule has 4 nitrogen and oxygen atoms in total. The average molecular weight is 296 g/mol. The van der Waals surface area contributed by atoms with Gasteiger partial charge in [-0.05, 0) is 62.8 Å². The summed E-state index contributed by atoms with van der Waals surface area (Å²) in [6.07, 6.45) is 2.91. The lowest BCUT2D eigenvalue weighted by Gasteiger charge is -2.32. The SMILES string of the molecule is Cc1ccc(C)c(S(=O)(=O)N2CCCC(CCN)C2)c1. The van der Waals surface area contributed by atoms with E-state index >= 15 is 0 Å². The Kier molecular flexibility index (Phi) is 4.83. The Hall–Kier alpha value is -0.910. The molecule has 0 aromatic heterocycles. The van der Waals surface area contributed by atoms with Crippen LogP contribution < -0.4 is 5.73 Å². The molecule has 0 saturated carbocycles. The van der Waals surface area contributed by atoms with Crippen molar-refractivity contribution in [1.82, 2.24) is 4.31 Å². The summed E-state index contributed by atoms with van der Waals surface area (Å²) in [4.78, 5) is 0.450. The fourth-order valence-electron chi connectivity index (χ4n) is 2.84. The lowest BCUT2D eigenvalue weighted by atomic mass is 9.96. The van der Waals surface area contributed by atoms with E-state index in [1.54, 1.807) is 10.4 Å². The number of piperidine rings is 1. The minimum Gasteiger partial charge on any atom is -0.330 e. The Morgan fingerprint density at radius 2 is 2.10 bits per heavy atom. The zero-order valence-corrected chi connectivity index (χ0v) is 13.1. The fraction of sp³-hybridized carbons (Fsp3) is 0.600. The topological polar surface area (TPSA) is 63.4 Å². The summed E-state index contributed by atoms with van der Waals surface area (Å²) in [6.45, 7) is 5.63. The van der Waals surface area contributed by atoms with Gasteiger partial charge in [0, 0.05) is 13.1 Å². The van der Waals surface area contributed by atoms with Crippen molar-refractivity contribution < 1.29 is 8.42 Å². The molecule has 1 aromatic rings. The Balaban J connectivity index is 2.27. The van der Waals surface area contributed by atoms with Gasteiger partial charge in [0.05, 0.1) is 4.90 Å². The summed E-state index contributed by atoms with van der Waals surface area (Å²) < 4.78 is 27.2. The Morgan fingerprint density at radius 3 is 2.80 bits per heavy atom. The van der Waals surface area contributed by atoms with Crippen molar-refractivity contribution in [1.29, 1.82) is 0 Å². The number of sulfonamides is 1. The highest BCUT2D eigenvalue weighted by molar-refractivity contribution is 7.89. The van der Waals surface area contributed by atoms with Crippen LogP contribution in [0.15, 0.2) is 23.1 Å². The Morgan fingerprint density at radius 1 is 1.35 bits per heavy atom. The molecule has 0 bridgehead atoms. The van der Waals surface area contributed by atoms with Crippen molar-refractivity contribution in [2.24, 2.45) is 11.7 Å². The molecule has 1 aliphatic heterocycles. The van der Waals surface area contributed by atoms with Crippen LogP contribution in [0.4, 0.5) is 0 Å². The minimum absolute atomic E-state index is 0.397. The zero-order chi connectivity index (χ0) is 14.8. The first-order chi connectivity index (χ1) is 9.45. The molecule has 112 valence electrons. The summed E-state index contributed by atoms with van der Waals surface area (Å²) in [5.41, 5.74) is 7.39. The lowest BCUT2D eigenvalue weighted by molar-refractivity contribution is 0.258. The van der Waals surface area contributed by atoms with E-state index in [0.29, 0.717) is 30.4 Å². The number of aryl methyl sites for hydroxylation is 2. The third-order valence-corrected chi connectivity index (χ3v) is 6.03. The van der Waals surface area contributed by atoms with E-state index in [0.717, 1.165) is 30.4 Å². The maximum atomic E-state index is 12.8. The van der Waals surface area contributed by atoms with E-state index in [1.165, 1.54) is 0 Å². The molecule has 20 heavy (non-hydrogen) atoms. The van der Waals surface area contributed by atoms with Crippen LogP contribution >= 0.6 is 0 Å². The van der Waals surface area contributed by atoms with Crippen LogP contribution in [0, 0.1) is 19.8 Å². The van der Waals surface area contributed by atoms with Gasteiger partial charge in [-0.25, -0.2) is 8.42 Å². The highest BCUT2D eigenvalue weighted by Crippen LogP contribution is 2.27. The van der Waals surface area contributed by atoms with Crippen LogP contribution in [-0.4, -0.2) is 32.4 Å². The largest absolute Gasteiger partial charge is 0.330 e. The first kappa shape index (κ1) is 15.5. The molecular weight excluding hydrogens is 272 g/mol. The predicted octanol–water partition coefficient (Wildman–Crippen LogP) is 2.05. The predicted molar refractivity (Wildman–Crippen MR) is 81.1 cm³/mol. The van der Waals surface area contributed by atoms with Crippen molar-refractivity contribution in [2.75, 3.05) is 19.6 Å². The van der Waals surface area contributed by atoms with Crippen LogP contribution in [0.1, 0.15) is 30.4 Å². The fourth-order valence-corrected chi connectivity index (χ4v) is 4.71. The summed E-state index contributed by atoms with van der Waals surface area (Å²) in [7, 11) is -3.37. The van der Waals surface area contributed by atoms with E-state index < -0.39 is 10.0 Å². The normalized spacial score (nSPS) is 21.1. The summed E-state index contributed by atoms with van der Waals surface area (Å²) in [5, 5.41) is 0. The molecule has 0 amide bonds. The maximum absolute atomic E-state index is 12.8. The van der Waals surface area contributed by atoms with Crippen LogP contribution in [0.5, 0.6) is 0 Å². The quantitative estimate of drug-likeness (QED) is 0.925. The molecule has 1 aliphatic rings. The monoisotopic (exact) mass is 296 g/mol. The van der Waals surface area contributed by atoms with Crippen molar-refractivity contribution in [2.45, 2.75) is 38.0 Å². The standard InChI is InChI=1S/C15H24N2O2S/c1-12-5-6-13(2)15(10-12)20(18,19)17-9-3-4-14(11-17)7-8-16/h5-6,10,14H,3-4,7-9,11,16H2,1-2H3. The van der Waals surface area contributed by atoms with Crippen molar-refractivity contribution >= 4 is 10.0 Å². The summed E-state index contributed by atoms with van der Waals surface area (Å²) in [6, 6.07) is 5.60. The molecule has 1 aromatic carbocycles. The second-order valence-electron chi connectivity index (χ2n) is 5.72. The summed E-state index contributed by atoms with van der Waals surface area (Å²) >= 11 is 0. The van der Waals surface area contributed by atoms with E-state index in [-0.39, 0.29) is 0 Å². The molecule has 1 fully saturated rings. The molecule has 2 N–H and O–H groups in total.